The number of likely N-dealkylation sites (tertiary alicyclic amines) is 1. The van der Waals surface area contributed by atoms with E-state index in [2.05, 4.69) is 30.6 Å². The second kappa shape index (κ2) is 7.45. The van der Waals surface area contributed by atoms with E-state index in [1.165, 1.54) is 16.5 Å². The fraction of sp³-hybridized carbons (Fsp3) is 0.421. The predicted octanol–water partition coefficient (Wildman–Crippen LogP) is 4.15. The molecule has 1 amide bonds. The molecule has 3 nitrogen and oxygen atoms in total. The Morgan fingerprint density at radius 2 is 2.00 bits per heavy atom. The van der Waals surface area contributed by atoms with Crippen molar-refractivity contribution in [1.82, 2.24) is 10.2 Å². The molecule has 0 saturated carbocycles. The number of nitrogens with zero attached hydrogens (tertiary/aromatic N) is 1. The molecule has 1 aliphatic heterocycles. The Balaban J connectivity index is 1.55. The smallest absolute Gasteiger partial charge is 0.256 e. The Hall–Kier alpha value is -1.72. The van der Waals surface area contributed by atoms with E-state index in [1.807, 2.05) is 0 Å². The summed E-state index contributed by atoms with van der Waals surface area (Å²) in [6, 6.07) is 9.07. The standard InChI is InChI=1S/C19H23FN2OS/c1-13-9-12-24-18(13)14(2)21-15-7-10-22(11-8-15)19(23)16-5-3-4-6-17(16)20/h3-6,9,12,14-15,21H,7-8,10-11H2,1-2H3/t14-/m0/s1. The molecule has 128 valence electrons. The summed E-state index contributed by atoms with van der Waals surface area (Å²) in [5.74, 6) is -0.641. The monoisotopic (exact) mass is 346 g/mol. The number of aryl methyl sites for hydroxylation is 1. The number of thiophene rings is 1. The van der Waals surface area contributed by atoms with Crippen LogP contribution in [0.5, 0.6) is 0 Å². The van der Waals surface area contributed by atoms with E-state index in [9.17, 15) is 9.18 Å². The number of carbonyl (C=O) groups is 1. The Kier molecular flexibility index (Phi) is 5.31. The van der Waals surface area contributed by atoms with Gasteiger partial charge in [0.05, 0.1) is 5.56 Å². The highest BCUT2D eigenvalue weighted by atomic mass is 32.1. The lowest BCUT2D eigenvalue weighted by atomic mass is 10.0. The fourth-order valence-electron chi connectivity index (χ4n) is 3.31. The summed E-state index contributed by atoms with van der Waals surface area (Å²) in [4.78, 5) is 15.6. The molecule has 1 aromatic carbocycles. The number of amides is 1. The molecule has 2 heterocycles. The van der Waals surface area contributed by atoms with Crippen LogP contribution < -0.4 is 5.32 Å². The molecule has 2 aromatic rings. The number of rotatable bonds is 4. The van der Waals surface area contributed by atoms with Crippen LogP contribution in [0.1, 0.15) is 46.6 Å². The highest BCUT2D eigenvalue weighted by molar-refractivity contribution is 7.10. The van der Waals surface area contributed by atoms with E-state index in [-0.39, 0.29) is 11.5 Å². The molecule has 1 atom stereocenters. The maximum absolute atomic E-state index is 13.8. The van der Waals surface area contributed by atoms with Gasteiger partial charge in [0, 0.05) is 30.1 Å². The van der Waals surface area contributed by atoms with Gasteiger partial charge in [-0.05, 0) is 55.8 Å². The van der Waals surface area contributed by atoms with Crippen LogP contribution in [-0.4, -0.2) is 29.9 Å². The van der Waals surface area contributed by atoms with Crippen molar-refractivity contribution in [2.24, 2.45) is 0 Å². The zero-order valence-electron chi connectivity index (χ0n) is 14.1. The molecule has 1 aromatic heterocycles. The Morgan fingerprint density at radius 3 is 2.62 bits per heavy atom. The summed E-state index contributed by atoms with van der Waals surface area (Å²) >= 11 is 1.78. The lowest BCUT2D eigenvalue weighted by Crippen LogP contribution is -2.45. The molecule has 0 aliphatic carbocycles. The SMILES string of the molecule is Cc1ccsc1[C@H](C)NC1CCN(C(=O)c2ccccc2F)CC1. The number of piperidine rings is 1. The zero-order valence-corrected chi connectivity index (χ0v) is 14.9. The van der Waals surface area contributed by atoms with Crippen molar-refractivity contribution >= 4 is 17.2 Å². The van der Waals surface area contributed by atoms with Crippen molar-refractivity contribution in [3.63, 3.8) is 0 Å². The third kappa shape index (κ3) is 3.68. The number of hydrogen-bond donors (Lipinski definition) is 1. The van der Waals surface area contributed by atoms with Gasteiger partial charge in [0.25, 0.3) is 5.91 Å². The largest absolute Gasteiger partial charge is 0.338 e. The topological polar surface area (TPSA) is 32.3 Å². The van der Waals surface area contributed by atoms with Gasteiger partial charge in [0.1, 0.15) is 5.82 Å². The third-order valence-electron chi connectivity index (χ3n) is 4.67. The quantitative estimate of drug-likeness (QED) is 0.902. The summed E-state index contributed by atoms with van der Waals surface area (Å²) < 4.78 is 13.8. The van der Waals surface area contributed by atoms with Crippen molar-refractivity contribution in [1.29, 1.82) is 0 Å². The van der Waals surface area contributed by atoms with Crippen molar-refractivity contribution in [2.45, 2.75) is 38.8 Å². The van der Waals surface area contributed by atoms with Gasteiger partial charge >= 0.3 is 0 Å². The van der Waals surface area contributed by atoms with Crippen LogP contribution in [0, 0.1) is 12.7 Å². The summed E-state index contributed by atoms with van der Waals surface area (Å²) in [6.07, 6.45) is 1.80. The van der Waals surface area contributed by atoms with Crippen LogP contribution >= 0.6 is 11.3 Å². The Morgan fingerprint density at radius 1 is 1.29 bits per heavy atom. The first-order chi connectivity index (χ1) is 11.6. The molecule has 5 heteroatoms. The first-order valence-corrected chi connectivity index (χ1v) is 9.28. The highest BCUT2D eigenvalue weighted by Crippen LogP contribution is 2.25. The van der Waals surface area contributed by atoms with Crippen molar-refractivity contribution < 1.29 is 9.18 Å². The molecular weight excluding hydrogens is 323 g/mol. The molecule has 3 rings (SSSR count). The molecular formula is C19H23FN2OS. The lowest BCUT2D eigenvalue weighted by Gasteiger charge is -2.34. The van der Waals surface area contributed by atoms with E-state index in [0.717, 1.165) is 12.8 Å². The Labute approximate surface area is 146 Å². The normalized spacial score (nSPS) is 17.0. The lowest BCUT2D eigenvalue weighted by molar-refractivity contribution is 0.0698. The molecule has 0 spiro atoms. The third-order valence-corrected chi connectivity index (χ3v) is 5.87. The van der Waals surface area contributed by atoms with E-state index in [0.29, 0.717) is 25.2 Å². The first kappa shape index (κ1) is 17.1. The van der Waals surface area contributed by atoms with E-state index in [4.69, 9.17) is 0 Å². The molecule has 1 fully saturated rings. The number of nitrogens with one attached hydrogen (secondary N) is 1. The number of hydrogen-bond acceptors (Lipinski definition) is 3. The first-order valence-electron chi connectivity index (χ1n) is 8.40. The Bertz CT molecular complexity index is 707. The van der Waals surface area contributed by atoms with Gasteiger partial charge in [-0.2, -0.15) is 0 Å². The molecule has 0 bridgehead atoms. The van der Waals surface area contributed by atoms with Gasteiger partial charge in [-0.15, -0.1) is 11.3 Å². The minimum Gasteiger partial charge on any atom is -0.338 e. The zero-order chi connectivity index (χ0) is 17.1. The maximum atomic E-state index is 13.8. The van der Waals surface area contributed by atoms with Gasteiger partial charge in [-0.1, -0.05) is 12.1 Å². The van der Waals surface area contributed by atoms with E-state index in [1.54, 1.807) is 34.4 Å². The average Bonchev–Trinajstić information content (AvgIpc) is 3.01. The molecule has 1 N–H and O–H groups in total. The molecule has 1 saturated heterocycles. The molecule has 0 radical (unpaired) electrons. The van der Waals surface area contributed by atoms with Gasteiger partial charge in [-0.25, -0.2) is 4.39 Å². The minimum absolute atomic E-state index is 0.173. The predicted molar refractivity (Wildman–Crippen MR) is 95.9 cm³/mol. The number of halogens is 1. The highest BCUT2D eigenvalue weighted by Gasteiger charge is 2.26. The second-order valence-corrected chi connectivity index (χ2v) is 7.35. The van der Waals surface area contributed by atoms with Gasteiger partial charge in [0.15, 0.2) is 0 Å². The van der Waals surface area contributed by atoms with Crippen molar-refractivity contribution in [3.05, 3.63) is 57.5 Å². The van der Waals surface area contributed by atoms with Crippen LogP contribution in [0.15, 0.2) is 35.7 Å². The van der Waals surface area contributed by atoms with Gasteiger partial charge in [-0.3, -0.25) is 4.79 Å². The van der Waals surface area contributed by atoms with E-state index >= 15 is 0 Å². The summed E-state index contributed by atoms with van der Waals surface area (Å²) in [6.45, 7) is 5.66. The summed E-state index contributed by atoms with van der Waals surface area (Å²) in [5, 5.41) is 5.79. The summed E-state index contributed by atoms with van der Waals surface area (Å²) in [5.41, 5.74) is 1.50. The second-order valence-electron chi connectivity index (χ2n) is 6.40. The molecule has 0 unspecified atom stereocenters. The maximum Gasteiger partial charge on any atom is 0.256 e. The fourth-order valence-corrected chi connectivity index (χ4v) is 4.26. The van der Waals surface area contributed by atoms with E-state index < -0.39 is 5.82 Å². The molecule has 1 aliphatic rings. The van der Waals surface area contributed by atoms with Crippen LogP contribution in [0.25, 0.3) is 0 Å². The molecule has 24 heavy (non-hydrogen) atoms. The van der Waals surface area contributed by atoms with Crippen molar-refractivity contribution in [2.75, 3.05) is 13.1 Å². The number of benzene rings is 1. The van der Waals surface area contributed by atoms with Crippen molar-refractivity contribution in [3.8, 4) is 0 Å². The van der Waals surface area contributed by atoms with Crippen LogP contribution in [-0.2, 0) is 0 Å². The van der Waals surface area contributed by atoms with Crippen LogP contribution in [0.2, 0.25) is 0 Å². The minimum atomic E-state index is -0.440. The van der Waals surface area contributed by atoms with Crippen LogP contribution in [0.3, 0.4) is 0 Å². The van der Waals surface area contributed by atoms with Crippen LogP contribution in [0.4, 0.5) is 4.39 Å². The van der Waals surface area contributed by atoms with Gasteiger partial charge < -0.3 is 10.2 Å². The van der Waals surface area contributed by atoms with Gasteiger partial charge in [0.2, 0.25) is 0 Å². The average molecular weight is 346 g/mol. The number of carbonyl (C=O) groups excluding carboxylic acids is 1. The summed E-state index contributed by atoms with van der Waals surface area (Å²) in [7, 11) is 0.